The van der Waals surface area contributed by atoms with Gasteiger partial charge in [0.25, 0.3) is 0 Å². The molecule has 1 saturated carbocycles. The normalized spacial score (nSPS) is 18.9. The lowest BCUT2D eigenvalue weighted by molar-refractivity contribution is 0.343. The summed E-state index contributed by atoms with van der Waals surface area (Å²) < 4.78 is 0. The number of rotatable bonds is 6. The minimum Gasteiger partial charge on any atom is -0.312 e. The lowest BCUT2D eigenvalue weighted by Crippen LogP contribution is -2.39. The van der Waals surface area contributed by atoms with Gasteiger partial charge in [0.05, 0.1) is 0 Å². The number of halogens is 1. The van der Waals surface area contributed by atoms with Gasteiger partial charge in [0.15, 0.2) is 0 Å². The SMILES string of the molecule is C[C@H](CN(C)C)NCC1(c2ccc(Cl)cc2)CC1. The molecule has 0 bridgehead atoms. The lowest BCUT2D eigenvalue weighted by atomic mass is 9.96. The first-order chi connectivity index (χ1) is 8.52. The highest BCUT2D eigenvalue weighted by Crippen LogP contribution is 2.47. The summed E-state index contributed by atoms with van der Waals surface area (Å²) in [6, 6.07) is 8.88. The van der Waals surface area contributed by atoms with E-state index in [0.29, 0.717) is 11.5 Å². The molecule has 1 atom stereocenters. The maximum absolute atomic E-state index is 5.95. The van der Waals surface area contributed by atoms with E-state index in [4.69, 9.17) is 11.6 Å². The van der Waals surface area contributed by atoms with Crippen molar-refractivity contribution < 1.29 is 0 Å². The Morgan fingerprint density at radius 1 is 1.28 bits per heavy atom. The molecule has 0 aliphatic heterocycles. The molecular formula is C15H23ClN2. The Balaban J connectivity index is 1.90. The van der Waals surface area contributed by atoms with E-state index in [1.807, 2.05) is 12.1 Å². The summed E-state index contributed by atoms with van der Waals surface area (Å²) in [7, 11) is 4.23. The van der Waals surface area contributed by atoms with Crippen LogP contribution in [0.25, 0.3) is 0 Å². The number of likely N-dealkylation sites (N-methyl/N-ethyl adjacent to an activating group) is 1. The summed E-state index contributed by atoms with van der Waals surface area (Å²) in [6.07, 6.45) is 2.58. The van der Waals surface area contributed by atoms with Crippen molar-refractivity contribution in [3.05, 3.63) is 34.9 Å². The lowest BCUT2D eigenvalue weighted by Gasteiger charge is -2.22. The number of nitrogens with one attached hydrogen (secondary N) is 1. The molecule has 0 aromatic heterocycles. The number of nitrogens with zero attached hydrogens (tertiary/aromatic N) is 1. The molecule has 2 rings (SSSR count). The second kappa shape index (κ2) is 5.60. The van der Waals surface area contributed by atoms with Gasteiger partial charge in [-0.3, -0.25) is 0 Å². The van der Waals surface area contributed by atoms with Crippen LogP contribution < -0.4 is 5.32 Å². The van der Waals surface area contributed by atoms with Gasteiger partial charge in [-0.15, -0.1) is 0 Å². The first-order valence-corrected chi connectivity index (χ1v) is 7.04. The molecule has 1 aromatic carbocycles. The summed E-state index contributed by atoms with van der Waals surface area (Å²) in [5.74, 6) is 0. The van der Waals surface area contributed by atoms with Gasteiger partial charge < -0.3 is 10.2 Å². The van der Waals surface area contributed by atoms with Crippen molar-refractivity contribution in [1.82, 2.24) is 10.2 Å². The molecule has 1 fully saturated rings. The average molecular weight is 267 g/mol. The predicted octanol–water partition coefficient (Wildman–Crippen LogP) is 2.91. The molecule has 0 unspecified atom stereocenters. The highest BCUT2D eigenvalue weighted by molar-refractivity contribution is 6.30. The maximum atomic E-state index is 5.95. The van der Waals surface area contributed by atoms with E-state index < -0.39 is 0 Å². The molecule has 0 heterocycles. The summed E-state index contributed by atoms with van der Waals surface area (Å²) in [5.41, 5.74) is 1.79. The molecule has 2 nitrogen and oxygen atoms in total. The van der Waals surface area contributed by atoms with Crippen LogP contribution in [0, 0.1) is 0 Å². The molecule has 0 radical (unpaired) electrons. The average Bonchev–Trinajstić information content (AvgIpc) is 3.08. The highest BCUT2D eigenvalue weighted by atomic mass is 35.5. The summed E-state index contributed by atoms with van der Waals surface area (Å²) in [4.78, 5) is 2.22. The van der Waals surface area contributed by atoms with Gasteiger partial charge in [-0.2, -0.15) is 0 Å². The molecule has 0 spiro atoms. The summed E-state index contributed by atoms with van der Waals surface area (Å²) >= 11 is 5.95. The van der Waals surface area contributed by atoms with Crippen LogP contribution in [0.1, 0.15) is 25.3 Å². The molecule has 1 N–H and O–H groups in total. The van der Waals surface area contributed by atoms with Gasteiger partial charge >= 0.3 is 0 Å². The zero-order valence-electron chi connectivity index (χ0n) is 11.5. The van der Waals surface area contributed by atoms with Crippen LogP contribution in [0.2, 0.25) is 5.02 Å². The van der Waals surface area contributed by atoms with E-state index in [1.54, 1.807) is 0 Å². The molecule has 0 amide bonds. The fourth-order valence-corrected chi connectivity index (χ4v) is 2.63. The van der Waals surface area contributed by atoms with Crippen molar-refractivity contribution in [2.24, 2.45) is 0 Å². The van der Waals surface area contributed by atoms with Crippen molar-refractivity contribution in [3.8, 4) is 0 Å². The monoisotopic (exact) mass is 266 g/mol. The first-order valence-electron chi connectivity index (χ1n) is 6.66. The topological polar surface area (TPSA) is 15.3 Å². The highest BCUT2D eigenvalue weighted by Gasteiger charge is 2.43. The van der Waals surface area contributed by atoms with Gasteiger partial charge in [0.1, 0.15) is 0 Å². The van der Waals surface area contributed by atoms with Crippen LogP contribution >= 0.6 is 11.6 Å². The molecule has 1 aromatic rings. The standard InChI is InChI=1S/C15H23ClN2/c1-12(10-18(2)3)17-11-15(8-9-15)13-4-6-14(16)7-5-13/h4-7,12,17H,8-11H2,1-3H3/t12-/m1/s1. The van der Waals surface area contributed by atoms with Crippen molar-refractivity contribution in [1.29, 1.82) is 0 Å². The van der Waals surface area contributed by atoms with E-state index >= 15 is 0 Å². The second-order valence-corrected chi connectivity index (χ2v) is 6.27. The zero-order chi connectivity index (χ0) is 13.2. The fourth-order valence-electron chi connectivity index (χ4n) is 2.50. The second-order valence-electron chi connectivity index (χ2n) is 5.83. The van der Waals surface area contributed by atoms with Crippen molar-refractivity contribution in [2.75, 3.05) is 27.2 Å². The Labute approximate surface area is 115 Å². The third-order valence-electron chi connectivity index (χ3n) is 3.74. The van der Waals surface area contributed by atoms with Gasteiger partial charge in [0.2, 0.25) is 0 Å². The summed E-state index contributed by atoms with van der Waals surface area (Å²) in [5, 5.41) is 4.48. The van der Waals surface area contributed by atoms with Crippen LogP contribution in [-0.2, 0) is 5.41 Å². The minimum absolute atomic E-state index is 0.366. The Hall–Kier alpha value is -0.570. The minimum atomic E-state index is 0.366. The largest absolute Gasteiger partial charge is 0.312 e. The summed E-state index contributed by atoms with van der Waals surface area (Å²) in [6.45, 7) is 4.40. The smallest absolute Gasteiger partial charge is 0.0406 e. The van der Waals surface area contributed by atoms with E-state index in [1.165, 1.54) is 18.4 Å². The van der Waals surface area contributed by atoms with Gasteiger partial charge in [-0.25, -0.2) is 0 Å². The van der Waals surface area contributed by atoms with Crippen LogP contribution in [0.15, 0.2) is 24.3 Å². The number of hydrogen-bond acceptors (Lipinski definition) is 2. The molecule has 1 aliphatic carbocycles. The first kappa shape index (κ1) is 13.9. The molecular weight excluding hydrogens is 244 g/mol. The van der Waals surface area contributed by atoms with Crippen LogP contribution in [-0.4, -0.2) is 38.1 Å². The van der Waals surface area contributed by atoms with Crippen molar-refractivity contribution >= 4 is 11.6 Å². The fraction of sp³-hybridized carbons (Fsp3) is 0.600. The Bertz CT molecular complexity index is 382. The number of hydrogen-bond donors (Lipinski definition) is 1. The van der Waals surface area contributed by atoms with E-state index in [0.717, 1.165) is 18.1 Å². The van der Waals surface area contributed by atoms with Crippen molar-refractivity contribution in [2.45, 2.75) is 31.2 Å². The number of benzene rings is 1. The molecule has 18 heavy (non-hydrogen) atoms. The van der Waals surface area contributed by atoms with Crippen molar-refractivity contribution in [3.63, 3.8) is 0 Å². The Kier molecular flexibility index (Phi) is 4.31. The third-order valence-corrected chi connectivity index (χ3v) is 3.99. The molecule has 100 valence electrons. The van der Waals surface area contributed by atoms with Gasteiger partial charge in [0, 0.05) is 29.6 Å². The van der Waals surface area contributed by atoms with E-state index in [9.17, 15) is 0 Å². The van der Waals surface area contributed by atoms with Crippen LogP contribution in [0.3, 0.4) is 0 Å². The molecule has 3 heteroatoms. The van der Waals surface area contributed by atoms with Crippen LogP contribution in [0.4, 0.5) is 0 Å². The molecule has 1 aliphatic rings. The quantitative estimate of drug-likeness (QED) is 0.852. The van der Waals surface area contributed by atoms with E-state index in [2.05, 4.69) is 43.4 Å². The Morgan fingerprint density at radius 3 is 2.39 bits per heavy atom. The van der Waals surface area contributed by atoms with Gasteiger partial charge in [-0.1, -0.05) is 23.7 Å². The zero-order valence-corrected chi connectivity index (χ0v) is 12.3. The third kappa shape index (κ3) is 3.47. The van der Waals surface area contributed by atoms with Crippen LogP contribution in [0.5, 0.6) is 0 Å². The Morgan fingerprint density at radius 2 is 1.89 bits per heavy atom. The molecule has 0 saturated heterocycles. The predicted molar refractivity (Wildman–Crippen MR) is 78.4 cm³/mol. The maximum Gasteiger partial charge on any atom is 0.0406 e. The van der Waals surface area contributed by atoms with E-state index in [-0.39, 0.29) is 0 Å². The van der Waals surface area contributed by atoms with Gasteiger partial charge in [-0.05, 0) is 51.6 Å².